The Kier molecular flexibility index (Phi) is 4.55. The van der Waals surface area contributed by atoms with Crippen LogP contribution < -0.4 is 5.32 Å². The Balaban J connectivity index is 1.59. The Morgan fingerprint density at radius 1 is 1.10 bits per heavy atom. The highest BCUT2D eigenvalue weighted by Crippen LogP contribution is 2.32. The lowest BCUT2D eigenvalue weighted by Gasteiger charge is -2.21. The molecule has 0 aliphatic carbocycles. The maximum absolute atomic E-state index is 12.7. The highest BCUT2D eigenvalue weighted by atomic mass is 35.5. The summed E-state index contributed by atoms with van der Waals surface area (Å²) >= 11 is 11.9. The van der Waals surface area contributed by atoms with Crippen LogP contribution in [0.3, 0.4) is 0 Å². The van der Waals surface area contributed by atoms with E-state index in [4.69, 9.17) is 23.2 Å². The van der Waals surface area contributed by atoms with E-state index in [1.165, 1.54) is 25.3 Å². The Bertz CT molecular complexity index is 1180. The molecule has 1 unspecified atom stereocenters. The van der Waals surface area contributed by atoms with Crippen LogP contribution in [0, 0.1) is 6.92 Å². The van der Waals surface area contributed by atoms with Crippen molar-refractivity contribution in [3.63, 3.8) is 0 Å². The molecular weight excluding hydrogens is 417 g/mol. The van der Waals surface area contributed by atoms with Crippen LogP contribution in [-0.4, -0.2) is 43.4 Å². The number of nitrogens with one attached hydrogen (secondary N) is 1. The molecule has 1 aromatic carbocycles. The Labute approximate surface area is 175 Å². The van der Waals surface area contributed by atoms with Gasteiger partial charge in [0.25, 0.3) is 11.8 Å². The lowest BCUT2D eigenvalue weighted by Crippen LogP contribution is -2.45. The van der Waals surface area contributed by atoms with Gasteiger partial charge in [0.1, 0.15) is 6.04 Å². The van der Waals surface area contributed by atoms with E-state index in [-0.39, 0.29) is 21.2 Å². The van der Waals surface area contributed by atoms with Gasteiger partial charge in [0, 0.05) is 12.4 Å². The van der Waals surface area contributed by atoms with Crippen LogP contribution in [0.5, 0.6) is 0 Å². The summed E-state index contributed by atoms with van der Waals surface area (Å²) in [6.45, 7) is 3.31. The number of carbonyl (C=O) groups is 3. The Morgan fingerprint density at radius 3 is 2.28 bits per heavy atom. The molecule has 2 aromatic heterocycles. The third-order valence-corrected chi connectivity index (χ3v) is 5.58. The average Bonchev–Trinajstić information content (AvgIpc) is 3.08. The first kappa shape index (κ1) is 19.4. The first-order chi connectivity index (χ1) is 13.7. The van der Waals surface area contributed by atoms with Gasteiger partial charge in [-0.25, -0.2) is 4.98 Å². The molecule has 10 heteroatoms. The van der Waals surface area contributed by atoms with Crippen molar-refractivity contribution in [3.8, 4) is 0 Å². The number of anilines is 1. The largest absolute Gasteiger partial charge is 0.323 e. The van der Waals surface area contributed by atoms with E-state index in [9.17, 15) is 14.4 Å². The first-order valence-electron chi connectivity index (χ1n) is 8.66. The molecule has 4 rings (SSSR count). The number of aryl methyl sites for hydroxylation is 2. The average molecular weight is 432 g/mol. The molecular formula is C19H15Cl2N5O3. The van der Waals surface area contributed by atoms with E-state index in [2.05, 4.69) is 15.4 Å². The second-order valence-corrected chi connectivity index (χ2v) is 7.58. The van der Waals surface area contributed by atoms with Crippen LogP contribution in [0.15, 0.2) is 24.4 Å². The number of fused-ring (bicyclic) bond motifs is 2. The number of rotatable bonds is 3. The van der Waals surface area contributed by atoms with Crippen molar-refractivity contribution in [1.82, 2.24) is 19.7 Å². The fourth-order valence-corrected chi connectivity index (χ4v) is 3.67. The molecule has 1 N–H and O–H groups in total. The van der Waals surface area contributed by atoms with E-state index in [0.717, 1.165) is 16.0 Å². The first-order valence-corrected chi connectivity index (χ1v) is 9.41. The summed E-state index contributed by atoms with van der Waals surface area (Å²) in [5.74, 6) is -1.72. The molecule has 0 fully saturated rings. The molecule has 8 nitrogen and oxygen atoms in total. The molecule has 1 aliphatic rings. The number of benzene rings is 1. The topological polar surface area (TPSA) is 97.2 Å². The number of imide groups is 1. The zero-order chi connectivity index (χ0) is 21.0. The van der Waals surface area contributed by atoms with E-state index < -0.39 is 23.8 Å². The third kappa shape index (κ3) is 3.04. The molecule has 1 aliphatic heterocycles. The second-order valence-electron chi connectivity index (χ2n) is 6.76. The van der Waals surface area contributed by atoms with Gasteiger partial charge in [-0.15, -0.1) is 0 Å². The van der Waals surface area contributed by atoms with Crippen molar-refractivity contribution in [3.05, 3.63) is 51.3 Å². The molecule has 0 saturated heterocycles. The number of pyridine rings is 1. The van der Waals surface area contributed by atoms with Crippen molar-refractivity contribution in [2.24, 2.45) is 7.05 Å². The fraction of sp³-hybridized carbons (Fsp3) is 0.211. The zero-order valence-corrected chi connectivity index (χ0v) is 17.2. The van der Waals surface area contributed by atoms with E-state index >= 15 is 0 Å². The number of hydrogen-bond acceptors (Lipinski definition) is 5. The van der Waals surface area contributed by atoms with Crippen LogP contribution in [-0.2, 0) is 11.8 Å². The van der Waals surface area contributed by atoms with E-state index in [0.29, 0.717) is 11.3 Å². The maximum Gasteiger partial charge on any atom is 0.262 e. The minimum absolute atomic E-state index is 0.123. The molecule has 0 radical (unpaired) electrons. The minimum atomic E-state index is -1.05. The van der Waals surface area contributed by atoms with Crippen molar-refractivity contribution in [2.45, 2.75) is 19.9 Å². The second kappa shape index (κ2) is 6.82. The SMILES string of the molecule is Cc1nn(C)c2ncc(NC(=O)C(C)N3C(=O)c4cc(Cl)c(Cl)cc4C3=O)cc12. The highest BCUT2D eigenvalue weighted by molar-refractivity contribution is 6.43. The standard InChI is InChI=1S/C19H15Cl2N5O3/c1-8-11-4-10(7-22-16(11)25(3)24-8)23-17(27)9(2)26-18(28)12-5-14(20)15(21)6-13(12)19(26)29/h4-7,9H,1-3H3,(H,23,27). The summed E-state index contributed by atoms with van der Waals surface area (Å²) in [7, 11) is 1.78. The van der Waals surface area contributed by atoms with Gasteiger partial charge in [0.05, 0.1) is 38.8 Å². The van der Waals surface area contributed by atoms with Gasteiger partial charge < -0.3 is 5.32 Å². The van der Waals surface area contributed by atoms with Gasteiger partial charge in [0.15, 0.2) is 5.65 Å². The predicted octanol–water partition coefficient (Wildman–Crippen LogP) is 3.21. The minimum Gasteiger partial charge on any atom is -0.323 e. The number of nitrogens with zero attached hydrogens (tertiary/aromatic N) is 4. The van der Waals surface area contributed by atoms with Gasteiger partial charge in [-0.1, -0.05) is 23.2 Å². The quantitative estimate of drug-likeness (QED) is 0.642. The van der Waals surface area contributed by atoms with Crippen LogP contribution in [0.1, 0.15) is 33.3 Å². The summed E-state index contributed by atoms with van der Waals surface area (Å²) in [6, 6.07) is 3.38. The number of aromatic nitrogens is 3. The Hall–Kier alpha value is -2.97. The number of carbonyl (C=O) groups excluding carboxylic acids is 3. The van der Waals surface area contributed by atoms with Crippen LogP contribution in [0.25, 0.3) is 11.0 Å². The van der Waals surface area contributed by atoms with Gasteiger partial charge in [-0.2, -0.15) is 5.10 Å². The highest BCUT2D eigenvalue weighted by Gasteiger charge is 2.41. The summed E-state index contributed by atoms with van der Waals surface area (Å²) < 4.78 is 1.65. The molecule has 0 saturated carbocycles. The molecule has 3 amide bonds. The molecule has 0 spiro atoms. The molecule has 29 heavy (non-hydrogen) atoms. The normalized spacial score (nSPS) is 14.4. The molecule has 148 valence electrons. The van der Waals surface area contributed by atoms with Crippen molar-refractivity contribution < 1.29 is 14.4 Å². The monoisotopic (exact) mass is 431 g/mol. The smallest absolute Gasteiger partial charge is 0.262 e. The maximum atomic E-state index is 12.7. The van der Waals surface area contributed by atoms with E-state index in [1.54, 1.807) is 17.8 Å². The third-order valence-electron chi connectivity index (χ3n) is 4.86. The fourth-order valence-electron chi connectivity index (χ4n) is 3.34. The molecule has 0 bridgehead atoms. The van der Waals surface area contributed by atoms with Crippen LogP contribution in [0.2, 0.25) is 10.0 Å². The summed E-state index contributed by atoms with van der Waals surface area (Å²) in [5, 5.41) is 8.11. The van der Waals surface area contributed by atoms with Gasteiger partial charge in [0.2, 0.25) is 5.91 Å². The van der Waals surface area contributed by atoms with Crippen molar-refractivity contribution in [2.75, 3.05) is 5.32 Å². The van der Waals surface area contributed by atoms with Gasteiger partial charge >= 0.3 is 0 Å². The summed E-state index contributed by atoms with van der Waals surface area (Å²) in [4.78, 5) is 43.3. The summed E-state index contributed by atoms with van der Waals surface area (Å²) in [6.07, 6.45) is 1.50. The van der Waals surface area contributed by atoms with Gasteiger partial charge in [-0.3, -0.25) is 24.0 Å². The Morgan fingerprint density at radius 2 is 1.69 bits per heavy atom. The van der Waals surface area contributed by atoms with Gasteiger partial charge in [-0.05, 0) is 32.0 Å². The van der Waals surface area contributed by atoms with Crippen LogP contribution in [0.4, 0.5) is 5.69 Å². The molecule has 3 heterocycles. The summed E-state index contributed by atoms with van der Waals surface area (Å²) in [5.41, 5.74) is 2.14. The molecule has 1 atom stereocenters. The van der Waals surface area contributed by atoms with E-state index in [1.807, 2.05) is 6.92 Å². The van der Waals surface area contributed by atoms with Crippen molar-refractivity contribution in [1.29, 1.82) is 0 Å². The zero-order valence-electron chi connectivity index (χ0n) is 15.7. The number of amides is 3. The number of halogens is 2. The predicted molar refractivity (Wildman–Crippen MR) is 108 cm³/mol. The lowest BCUT2D eigenvalue weighted by molar-refractivity contribution is -0.119. The number of hydrogen-bond donors (Lipinski definition) is 1. The molecule has 3 aromatic rings. The van der Waals surface area contributed by atoms with Crippen molar-refractivity contribution >= 4 is 57.6 Å². The van der Waals surface area contributed by atoms with Crippen LogP contribution >= 0.6 is 23.2 Å². The lowest BCUT2D eigenvalue weighted by atomic mass is 10.1.